The first-order valence-electron chi connectivity index (χ1n) is 5.29. The predicted molar refractivity (Wildman–Crippen MR) is 60.2 cm³/mol. The van der Waals surface area contributed by atoms with E-state index in [1.807, 2.05) is 0 Å². The third kappa shape index (κ3) is 1.93. The molecule has 7 heteroatoms. The number of hydrogen-bond acceptors (Lipinski definition) is 5. The molecule has 0 radical (unpaired) electrons. The number of nitrogens with zero attached hydrogens (tertiary/aromatic N) is 4. The summed E-state index contributed by atoms with van der Waals surface area (Å²) in [7, 11) is 0. The molecule has 2 aromatic heterocycles. The van der Waals surface area contributed by atoms with Crippen molar-refractivity contribution >= 4 is 17.3 Å². The summed E-state index contributed by atoms with van der Waals surface area (Å²) in [6, 6.07) is 0. The number of carboxylic acid groups (broad SMARTS) is 1. The fraction of sp³-hybridized carbons (Fsp3) is 0.400. The number of aromatic nitrogens is 4. The minimum Gasteiger partial charge on any atom is -0.476 e. The van der Waals surface area contributed by atoms with E-state index < -0.39 is 5.97 Å². The van der Waals surface area contributed by atoms with E-state index in [0.29, 0.717) is 12.5 Å². The quantitative estimate of drug-likeness (QED) is 0.886. The van der Waals surface area contributed by atoms with Gasteiger partial charge >= 0.3 is 5.97 Å². The minimum absolute atomic E-state index is 0.0945. The smallest absolute Gasteiger partial charge is 0.358 e. The molecule has 0 amide bonds. The molecule has 2 aromatic rings. The van der Waals surface area contributed by atoms with Crippen molar-refractivity contribution in [2.45, 2.75) is 25.3 Å². The molecule has 0 aliphatic heterocycles. The maximum atomic E-state index is 11.0. The second kappa shape index (κ2) is 3.92. The van der Waals surface area contributed by atoms with Gasteiger partial charge in [-0.05, 0) is 12.8 Å². The summed E-state index contributed by atoms with van der Waals surface area (Å²) >= 11 is 1.53. The standard InChI is InChI=1S/C10H10N4O2S/c15-10(16)8-9(6-1-2-6)14(13-12-8)4-7-3-11-5-17-7/h3,5-6H,1-2,4H2,(H,15,16). The Bertz CT molecular complexity index is 545. The van der Waals surface area contributed by atoms with Crippen LogP contribution in [-0.2, 0) is 6.54 Å². The highest BCUT2D eigenvalue weighted by molar-refractivity contribution is 7.09. The Morgan fingerprint density at radius 1 is 1.59 bits per heavy atom. The molecule has 1 aliphatic carbocycles. The lowest BCUT2D eigenvalue weighted by atomic mass is 10.2. The van der Waals surface area contributed by atoms with Gasteiger partial charge in [-0.2, -0.15) is 0 Å². The van der Waals surface area contributed by atoms with Gasteiger partial charge in [-0.1, -0.05) is 5.21 Å². The van der Waals surface area contributed by atoms with Gasteiger partial charge in [0.1, 0.15) is 0 Å². The molecular weight excluding hydrogens is 240 g/mol. The first kappa shape index (κ1) is 10.4. The summed E-state index contributed by atoms with van der Waals surface area (Å²) in [5.74, 6) is -0.688. The maximum Gasteiger partial charge on any atom is 0.358 e. The average Bonchev–Trinajstić information content (AvgIpc) is 2.85. The molecule has 0 aromatic carbocycles. The molecule has 0 saturated heterocycles. The van der Waals surface area contributed by atoms with E-state index in [9.17, 15) is 4.79 Å². The molecule has 0 spiro atoms. The normalized spacial score (nSPS) is 15.1. The molecule has 1 N–H and O–H groups in total. The lowest BCUT2D eigenvalue weighted by molar-refractivity contribution is 0.0689. The highest BCUT2D eigenvalue weighted by Crippen LogP contribution is 2.41. The van der Waals surface area contributed by atoms with E-state index in [1.54, 1.807) is 16.4 Å². The van der Waals surface area contributed by atoms with Crippen molar-refractivity contribution in [3.63, 3.8) is 0 Å². The van der Waals surface area contributed by atoms with Gasteiger partial charge in [0.25, 0.3) is 0 Å². The first-order valence-corrected chi connectivity index (χ1v) is 6.17. The zero-order chi connectivity index (χ0) is 11.8. The van der Waals surface area contributed by atoms with Crippen LogP contribution in [0.3, 0.4) is 0 Å². The third-order valence-corrected chi connectivity index (χ3v) is 3.49. The fourth-order valence-corrected chi connectivity index (χ4v) is 2.39. The van der Waals surface area contributed by atoms with Crippen LogP contribution in [0.1, 0.15) is 39.8 Å². The molecule has 2 heterocycles. The predicted octanol–water partition coefficient (Wildman–Crippen LogP) is 1.36. The highest BCUT2D eigenvalue weighted by Gasteiger charge is 2.33. The van der Waals surface area contributed by atoms with Crippen LogP contribution < -0.4 is 0 Å². The first-order chi connectivity index (χ1) is 8.25. The lowest BCUT2D eigenvalue weighted by Crippen LogP contribution is -2.07. The van der Waals surface area contributed by atoms with E-state index in [-0.39, 0.29) is 5.69 Å². The average molecular weight is 250 g/mol. The number of aromatic carboxylic acids is 1. The summed E-state index contributed by atoms with van der Waals surface area (Å²) < 4.78 is 1.69. The van der Waals surface area contributed by atoms with Gasteiger partial charge in [0.15, 0.2) is 5.69 Å². The largest absolute Gasteiger partial charge is 0.476 e. The van der Waals surface area contributed by atoms with Crippen molar-refractivity contribution in [2.75, 3.05) is 0 Å². The summed E-state index contributed by atoms with van der Waals surface area (Å²) in [5, 5.41) is 16.7. The zero-order valence-electron chi connectivity index (χ0n) is 8.91. The van der Waals surface area contributed by atoms with E-state index in [0.717, 1.165) is 23.4 Å². The van der Waals surface area contributed by atoms with Crippen LogP contribution in [-0.4, -0.2) is 31.1 Å². The second-order valence-corrected chi connectivity index (χ2v) is 5.00. The Morgan fingerprint density at radius 3 is 3.00 bits per heavy atom. The molecule has 0 bridgehead atoms. The van der Waals surface area contributed by atoms with Gasteiger partial charge in [0, 0.05) is 17.0 Å². The number of rotatable bonds is 4. The fourth-order valence-electron chi connectivity index (χ4n) is 1.82. The molecular formula is C10H10N4O2S. The number of hydrogen-bond donors (Lipinski definition) is 1. The summed E-state index contributed by atoms with van der Waals surface area (Å²) in [4.78, 5) is 16.1. The molecule has 6 nitrogen and oxygen atoms in total. The highest BCUT2D eigenvalue weighted by atomic mass is 32.1. The van der Waals surface area contributed by atoms with Crippen molar-refractivity contribution < 1.29 is 9.90 Å². The summed E-state index contributed by atoms with van der Waals surface area (Å²) in [6.45, 7) is 0.552. The molecule has 88 valence electrons. The Morgan fingerprint density at radius 2 is 2.41 bits per heavy atom. The number of carboxylic acids is 1. The summed E-state index contributed by atoms with van der Waals surface area (Å²) in [6.07, 6.45) is 3.82. The SMILES string of the molecule is O=C(O)c1nnn(Cc2cncs2)c1C1CC1. The molecule has 1 aliphatic rings. The molecule has 3 rings (SSSR count). The topological polar surface area (TPSA) is 80.9 Å². The van der Waals surface area contributed by atoms with E-state index in [2.05, 4.69) is 15.3 Å². The van der Waals surface area contributed by atoms with Crippen LogP contribution in [0.4, 0.5) is 0 Å². The van der Waals surface area contributed by atoms with Crippen LogP contribution >= 0.6 is 11.3 Å². The van der Waals surface area contributed by atoms with Crippen molar-refractivity contribution in [2.24, 2.45) is 0 Å². The minimum atomic E-state index is -0.998. The maximum absolute atomic E-state index is 11.0. The van der Waals surface area contributed by atoms with Crippen molar-refractivity contribution in [1.82, 2.24) is 20.0 Å². The van der Waals surface area contributed by atoms with E-state index in [4.69, 9.17) is 5.11 Å². The zero-order valence-corrected chi connectivity index (χ0v) is 9.72. The Balaban J connectivity index is 1.96. The second-order valence-electron chi connectivity index (χ2n) is 4.03. The van der Waals surface area contributed by atoms with Crippen LogP contribution in [0.5, 0.6) is 0 Å². The van der Waals surface area contributed by atoms with Crippen LogP contribution in [0, 0.1) is 0 Å². The van der Waals surface area contributed by atoms with Gasteiger partial charge < -0.3 is 5.11 Å². The van der Waals surface area contributed by atoms with Crippen LogP contribution in [0.15, 0.2) is 11.7 Å². The van der Waals surface area contributed by atoms with Crippen molar-refractivity contribution in [1.29, 1.82) is 0 Å². The van der Waals surface area contributed by atoms with Crippen molar-refractivity contribution in [3.8, 4) is 0 Å². The van der Waals surface area contributed by atoms with Gasteiger partial charge in [-0.15, -0.1) is 16.4 Å². The van der Waals surface area contributed by atoms with Gasteiger partial charge in [-0.3, -0.25) is 4.98 Å². The number of thiazole rings is 1. The lowest BCUT2D eigenvalue weighted by Gasteiger charge is -2.03. The Hall–Kier alpha value is -1.76. The third-order valence-electron chi connectivity index (χ3n) is 2.73. The van der Waals surface area contributed by atoms with Gasteiger partial charge in [0.05, 0.1) is 17.7 Å². The molecule has 1 fully saturated rings. The Kier molecular flexibility index (Phi) is 2.40. The van der Waals surface area contributed by atoms with E-state index in [1.165, 1.54) is 11.3 Å². The monoisotopic (exact) mass is 250 g/mol. The molecule has 0 unspecified atom stereocenters. The summed E-state index contributed by atoms with van der Waals surface area (Å²) in [5.41, 5.74) is 2.60. The Labute approximate surface area is 101 Å². The van der Waals surface area contributed by atoms with Gasteiger partial charge in [0.2, 0.25) is 0 Å². The van der Waals surface area contributed by atoms with Crippen molar-refractivity contribution in [3.05, 3.63) is 28.0 Å². The molecule has 1 saturated carbocycles. The van der Waals surface area contributed by atoms with Gasteiger partial charge in [-0.25, -0.2) is 9.48 Å². The molecule has 17 heavy (non-hydrogen) atoms. The number of carbonyl (C=O) groups is 1. The van der Waals surface area contributed by atoms with E-state index >= 15 is 0 Å². The molecule has 0 atom stereocenters. The van der Waals surface area contributed by atoms with Crippen LogP contribution in [0.2, 0.25) is 0 Å². The van der Waals surface area contributed by atoms with Crippen LogP contribution in [0.25, 0.3) is 0 Å².